The minimum absolute atomic E-state index is 0.155. The molecule has 0 aromatic heterocycles. The molecular weight excluding hydrogens is 458 g/mol. The summed E-state index contributed by atoms with van der Waals surface area (Å²) < 4.78 is 27.6. The summed E-state index contributed by atoms with van der Waals surface area (Å²) in [6.45, 7) is 6.88. The van der Waals surface area contributed by atoms with Crippen molar-refractivity contribution >= 4 is 38.9 Å². The van der Waals surface area contributed by atoms with Crippen molar-refractivity contribution < 1.29 is 13.2 Å². The lowest BCUT2D eigenvalue weighted by molar-refractivity contribution is 0.0747. The largest absolute Gasteiger partial charge is 0.368 e. The fourth-order valence-electron chi connectivity index (χ4n) is 3.96. The fraction of sp³-hybridized carbons (Fsp3) is 0.240. The van der Waals surface area contributed by atoms with Gasteiger partial charge in [-0.25, -0.2) is 8.42 Å². The molecule has 1 N–H and O–H groups in total. The summed E-state index contributed by atoms with van der Waals surface area (Å²) in [7, 11) is -3.73. The van der Waals surface area contributed by atoms with Crippen molar-refractivity contribution in [2.24, 2.45) is 0 Å². The van der Waals surface area contributed by atoms with Gasteiger partial charge in [0.2, 0.25) is 0 Å². The number of carbonyl (C=O) groups excluding carboxylic acids is 1. The standard InChI is InChI=1S/C25H26ClN3O3S/c1-18-7-6-10-24(19(18)2)28-13-15-29(16-14-28)25(30)22-12-11-20(17-23(22)26)27-33(31,32)21-8-4-3-5-9-21/h3-12,17,27H,13-16H2,1-2H3. The van der Waals surface area contributed by atoms with Crippen molar-refractivity contribution in [3.8, 4) is 0 Å². The molecule has 3 aromatic rings. The highest BCUT2D eigenvalue weighted by Gasteiger charge is 2.25. The van der Waals surface area contributed by atoms with Crippen LogP contribution in [0, 0.1) is 13.8 Å². The van der Waals surface area contributed by atoms with Crippen molar-refractivity contribution in [2.45, 2.75) is 18.7 Å². The van der Waals surface area contributed by atoms with E-state index in [1.165, 1.54) is 35.0 Å². The van der Waals surface area contributed by atoms with E-state index in [9.17, 15) is 13.2 Å². The molecule has 0 unspecified atom stereocenters. The smallest absolute Gasteiger partial charge is 0.261 e. The van der Waals surface area contributed by atoms with Gasteiger partial charge in [0.25, 0.3) is 15.9 Å². The average molecular weight is 484 g/mol. The van der Waals surface area contributed by atoms with Gasteiger partial charge >= 0.3 is 0 Å². The second-order valence-electron chi connectivity index (χ2n) is 8.11. The van der Waals surface area contributed by atoms with Crippen molar-refractivity contribution in [2.75, 3.05) is 35.8 Å². The normalized spacial score (nSPS) is 14.3. The number of anilines is 2. The molecule has 33 heavy (non-hydrogen) atoms. The van der Waals surface area contributed by atoms with Gasteiger partial charge in [0.15, 0.2) is 0 Å². The van der Waals surface area contributed by atoms with Crippen LogP contribution in [0.3, 0.4) is 0 Å². The highest BCUT2D eigenvalue weighted by molar-refractivity contribution is 7.92. The average Bonchev–Trinajstić information content (AvgIpc) is 2.81. The van der Waals surface area contributed by atoms with Crippen molar-refractivity contribution in [3.63, 3.8) is 0 Å². The molecule has 1 heterocycles. The summed E-state index contributed by atoms with van der Waals surface area (Å²) in [4.78, 5) is 17.3. The Morgan fingerprint density at radius 3 is 2.27 bits per heavy atom. The summed E-state index contributed by atoms with van der Waals surface area (Å²) >= 11 is 6.39. The Kier molecular flexibility index (Phi) is 6.63. The van der Waals surface area contributed by atoms with E-state index < -0.39 is 10.0 Å². The molecule has 1 saturated heterocycles. The van der Waals surface area contributed by atoms with Crippen LogP contribution in [0.5, 0.6) is 0 Å². The summed E-state index contributed by atoms with van der Waals surface area (Å²) in [6.07, 6.45) is 0. The van der Waals surface area contributed by atoms with Gasteiger partial charge < -0.3 is 9.80 Å². The lowest BCUT2D eigenvalue weighted by Crippen LogP contribution is -2.49. The minimum atomic E-state index is -3.73. The van der Waals surface area contributed by atoms with Crippen molar-refractivity contribution in [1.82, 2.24) is 4.90 Å². The van der Waals surface area contributed by atoms with Gasteiger partial charge in [-0.15, -0.1) is 0 Å². The number of hydrogen-bond acceptors (Lipinski definition) is 4. The second kappa shape index (κ2) is 9.45. The molecule has 0 bridgehead atoms. The molecule has 0 saturated carbocycles. The lowest BCUT2D eigenvalue weighted by atomic mass is 10.1. The Bertz CT molecular complexity index is 1270. The van der Waals surface area contributed by atoms with Crippen LogP contribution < -0.4 is 9.62 Å². The maximum absolute atomic E-state index is 13.1. The third-order valence-electron chi connectivity index (χ3n) is 5.99. The van der Waals surface area contributed by atoms with Gasteiger partial charge in [0.05, 0.1) is 21.2 Å². The zero-order valence-electron chi connectivity index (χ0n) is 18.6. The molecular formula is C25H26ClN3O3S. The summed E-state index contributed by atoms with van der Waals surface area (Å²) in [6, 6.07) is 19.0. The minimum Gasteiger partial charge on any atom is -0.368 e. The van der Waals surface area contributed by atoms with Crippen LogP contribution in [-0.4, -0.2) is 45.4 Å². The lowest BCUT2D eigenvalue weighted by Gasteiger charge is -2.37. The first kappa shape index (κ1) is 23.1. The van der Waals surface area contributed by atoms with Gasteiger partial charge in [-0.05, 0) is 61.4 Å². The molecule has 0 spiro atoms. The van der Waals surface area contributed by atoms with Gasteiger partial charge in [-0.1, -0.05) is 41.9 Å². The first-order valence-corrected chi connectivity index (χ1v) is 12.6. The molecule has 1 aliphatic rings. The predicted octanol–water partition coefficient (Wildman–Crippen LogP) is 4.72. The SMILES string of the molecule is Cc1cccc(N2CCN(C(=O)c3ccc(NS(=O)(=O)c4ccccc4)cc3Cl)CC2)c1C. The van der Waals surface area contributed by atoms with Gasteiger partial charge in [-0.2, -0.15) is 0 Å². The Labute approximate surface area is 199 Å². The maximum Gasteiger partial charge on any atom is 0.261 e. The molecule has 1 amide bonds. The summed E-state index contributed by atoms with van der Waals surface area (Å²) in [5.74, 6) is -0.155. The van der Waals surface area contributed by atoms with Crippen LogP contribution in [0.25, 0.3) is 0 Å². The molecule has 6 nitrogen and oxygen atoms in total. The zero-order valence-corrected chi connectivity index (χ0v) is 20.2. The highest BCUT2D eigenvalue weighted by atomic mass is 35.5. The van der Waals surface area contributed by atoms with Crippen LogP contribution >= 0.6 is 11.6 Å². The van der Waals surface area contributed by atoms with E-state index in [2.05, 4.69) is 41.7 Å². The number of amides is 1. The Morgan fingerprint density at radius 2 is 1.61 bits per heavy atom. The molecule has 8 heteroatoms. The second-order valence-corrected chi connectivity index (χ2v) is 10.2. The van der Waals surface area contributed by atoms with Crippen LogP contribution in [0.2, 0.25) is 5.02 Å². The van der Waals surface area contributed by atoms with Crippen LogP contribution in [-0.2, 0) is 10.0 Å². The highest BCUT2D eigenvalue weighted by Crippen LogP contribution is 2.27. The van der Waals surface area contributed by atoms with Crippen LogP contribution in [0.15, 0.2) is 71.6 Å². The molecule has 3 aromatic carbocycles. The number of piperazine rings is 1. The third kappa shape index (κ3) is 4.99. The third-order valence-corrected chi connectivity index (χ3v) is 7.70. The number of hydrogen-bond donors (Lipinski definition) is 1. The van der Waals surface area contributed by atoms with Gasteiger partial charge in [-0.3, -0.25) is 9.52 Å². The number of carbonyl (C=O) groups is 1. The molecule has 0 atom stereocenters. The molecule has 0 radical (unpaired) electrons. The monoisotopic (exact) mass is 483 g/mol. The number of benzene rings is 3. The number of aryl methyl sites for hydroxylation is 1. The Morgan fingerprint density at radius 1 is 0.909 bits per heavy atom. The topological polar surface area (TPSA) is 69.7 Å². The van der Waals surface area contributed by atoms with E-state index in [-0.39, 0.29) is 15.8 Å². The van der Waals surface area contributed by atoms with E-state index >= 15 is 0 Å². The summed E-state index contributed by atoms with van der Waals surface area (Å²) in [5.41, 5.74) is 4.38. The Balaban J connectivity index is 1.44. The fourth-order valence-corrected chi connectivity index (χ4v) is 5.30. The Hall–Kier alpha value is -3.03. The first-order chi connectivity index (χ1) is 15.8. The van der Waals surface area contributed by atoms with Crippen LogP contribution in [0.4, 0.5) is 11.4 Å². The zero-order chi connectivity index (χ0) is 23.6. The quantitative estimate of drug-likeness (QED) is 0.570. The predicted molar refractivity (Wildman–Crippen MR) is 133 cm³/mol. The number of halogens is 1. The molecule has 1 fully saturated rings. The van der Waals surface area contributed by atoms with E-state index in [0.717, 1.165) is 13.1 Å². The first-order valence-electron chi connectivity index (χ1n) is 10.7. The molecule has 1 aliphatic heterocycles. The van der Waals surface area contributed by atoms with Crippen molar-refractivity contribution in [1.29, 1.82) is 0 Å². The van der Waals surface area contributed by atoms with Crippen molar-refractivity contribution in [3.05, 3.63) is 88.4 Å². The number of nitrogens with zero attached hydrogens (tertiary/aromatic N) is 2. The summed E-state index contributed by atoms with van der Waals surface area (Å²) in [5, 5.41) is 0.213. The number of sulfonamides is 1. The number of rotatable bonds is 5. The molecule has 4 rings (SSSR count). The van der Waals surface area contributed by atoms with Crippen LogP contribution in [0.1, 0.15) is 21.5 Å². The van der Waals surface area contributed by atoms with E-state index in [1.807, 2.05) is 0 Å². The molecule has 0 aliphatic carbocycles. The molecule has 172 valence electrons. The van der Waals surface area contributed by atoms with E-state index in [0.29, 0.717) is 24.3 Å². The number of nitrogens with one attached hydrogen (secondary N) is 1. The van der Waals surface area contributed by atoms with Gasteiger partial charge in [0.1, 0.15) is 0 Å². The maximum atomic E-state index is 13.1. The van der Waals surface area contributed by atoms with E-state index in [4.69, 9.17) is 11.6 Å². The van der Waals surface area contributed by atoms with E-state index in [1.54, 1.807) is 35.2 Å². The van der Waals surface area contributed by atoms with Gasteiger partial charge in [0, 0.05) is 31.9 Å².